The van der Waals surface area contributed by atoms with E-state index in [0.717, 1.165) is 52.9 Å². The first kappa shape index (κ1) is 17.2. The molecule has 0 bridgehead atoms. The summed E-state index contributed by atoms with van der Waals surface area (Å²) in [6, 6.07) is 0. The molecule has 3 aromatic rings. The largest absolute Gasteiger partial charge is 0.462 e. The van der Waals surface area contributed by atoms with Crippen molar-refractivity contribution in [2.75, 3.05) is 42.6 Å². The molecule has 0 N–H and O–H groups in total. The number of aromatic nitrogens is 3. The number of anilines is 2. The highest BCUT2D eigenvalue weighted by molar-refractivity contribution is 7.20. The van der Waals surface area contributed by atoms with Crippen LogP contribution < -0.4 is 9.80 Å². The number of rotatable bonds is 4. The average molecular weight is 390 g/mol. The minimum atomic E-state index is -0.285. The van der Waals surface area contributed by atoms with Crippen molar-refractivity contribution in [3.8, 4) is 0 Å². The molecule has 1 aliphatic rings. The van der Waals surface area contributed by atoms with Gasteiger partial charge in [0.1, 0.15) is 21.9 Å². The van der Waals surface area contributed by atoms with Gasteiger partial charge < -0.3 is 14.5 Å². The van der Waals surface area contributed by atoms with E-state index in [-0.39, 0.29) is 5.97 Å². The molecule has 0 radical (unpaired) electrons. The Morgan fingerprint density at radius 2 is 1.96 bits per heavy atom. The zero-order valence-corrected chi connectivity index (χ0v) is 16.3. The first-order chi connectivity index (χ1) is 12.7. The van der Waals surface area contributed by atoms with Crippen LogP contribution in [-0.4, -0.2) is 53.7 Å². The van der Waals surface area contributed by atoms with Crippen molar-refractivity contribution >= 4 is 49.8 Å². The monoisotopic (exact) mass is 389 g/mol. The van der Waals surface area contributed by atoms with Gasteiger partial charge in [0.25, 0.3) is 0 Å². The molecule has 0 aliphatic carbocycles. The van der Waals surface area contributed by atoms with Crippen molar-refractivity contribution in [1.82, 2.24) is 15.0 Å². The predicted molar refractivity (Wildman–Crippen MR) is 105 cm³/mol. The molecular formula is C17H19N5O2S2. The molecule has 3 aromatic heterocycles. The zero-order valence-electron chi connectivity index (χ0n) is 14.6. The second kappa shape index (κ2) is 7.16. The Morgan fingerprint density at radius 1 is 1.19 bits per heavy atom. The topological polar surface area (TPSA) is 71.5 Å². The SMILES string of the molecule is CCOC(=O)c1sc2ncnc(N3CCN(c4nccs4)CC3)c2c1C. The Kier molecular flexibility index (Phi) is 4.73. The van der Waals surface area contributed by atoms with E-state index < -0.39 is 0 Å². The van der Waals surface area contributed by atoms with Crippen molar-refractivity contribution in [2.45, 2.75) is 13.8 Å². The maximum atomic E-state index is 12.2. The lowest BCUT2D eigenvalue weighted by Gasteiger charge is -2.35. The summed E-state index contributed by atoms with van der Waals surface area (Å²) >= 11 is 3.04. The molecule has 1 fully saturated rings. The van der Waals surface area contributed by atoms with Crippen LogP contribution in [0.2, 0.25) is 0 Å². The van der Waals surface area contributed by atoms with Gasteiger partial charge in [0, 0.05) is 37.8 Å². The molecule has 0 unspecified atom stereocenters. The van der Waals surface area contributed by atoms with E-state index in [9.17, 15) is 4.79 Å². The van der Waals surface area contributed by atoms with Crippen molar-refractivity contribution in [3.63, 3.8) is 0 Å². The molecule has 0 atom stereocenters. The van der Waals surface area contributed by atoms with Gasteiger partial charge in [-0.15, -0.1) is 22.7 Å². The Labute approximate surface area is 159 Å². The maximum Gasteiger partial charge on any atom is 0.348 e. The Balaban J connectivity index is 1.62. The molecule has 9 heteroatoms. The number of thiazole rings is 1. The molecule has 0 amide bonds. The van der Waals surface area contributed by atoms with E-state index in [0.29, 0.717) is 11.5 Å². The number of thiophene rings is 1. The summed E-state index contributed by atoms with van der Waals surface area (Å²) in [6.45, 7) is 7.63. The highest BCUT2D eigenvalue weighted by Crippen LogP contribution is 2.35. The molecule has 0 aromatic carbocycles. The number of nitrogens with zero attached hydrogens (tertiary/aromatic N) is 5. The lowest BCUT2D eigenvalue weighted by atomic mass is 10.2. The summed E-state index contributed by atoms with van der Waals surface area (Å²) in [7, 11) is 0. The van der Waals surface area contributed by atoms with Crippen LogP contribution in [-0.2, 0) is 4.74 Å². The summed E-state index contributed by atoms with van der Waals surface area (Å²) in [4.78, 5) is 31.5. The Morgan fingerprint density at radius 3 is 2.65 bits per heavy atom. The number of aryl methyl sites for hydroxylation is 1. The molecule has 0 saturated carbocycles. The van der Waals surface area contributed by atoms with E-state index >= 15 is 0 Å². The minimum absolute atomic E-state index is 0.285. The van der Waals surface area contributed by atoms with Crippen LogP contribution in [0.3, 0.4) is 0 Å². The minimum Gasteiger partial charge on any atom is -0.462 e. The smallest absolute Gasteiger partial charge is 0.348 e. The van der Waals surface area contributed by atoms with Gasteiger partial charge in [0.2, 0.25) is 0 Å². The van der Waals surface area contributed by atoms with Gasteiger partial charge in [-0.2, -0.15) is 0 Å². The third-order valence-corrected chi connectivity index (χ3v) is 6.45. The second-order valence-corrected chi connectivity index (χ2v) is 7.81. The van der Waals surface area contributed by atoms with E-state index in [1.54, 1.807) is 17.7 Å². The van der Waals surface area contributed by atoms with Gasteiger partial charge in [-0.1, -0.05) is 0 Å². The van der Waals surface area contributed by atoms with Crippen molar-refractivity contribution in [3.05, 3.63) is 28.3 Å². The normalized spacial score (nSPS) is 14.8. The fourth-order valence-electron chi connectivity index (χ4n) is 3.17. The third-order valence-electron chi connectivity index (χ3n) is 4.44. The molecule has 4 rings (SSSR count). The number of ether oxygens (including phenoxy) is 1. The predicted octanol–water partition coefficient (Wildman–Crippen LogP) is 2.96. The number of piperazine rings is 1. The van der Waals surface area contributed by atoms with Gasteiger partial charge in [-0.25, -0.2) is 19.7 Å². The quantitative estimate of drug-likeness (QED) is 0.635. The number of fused-ring (bicyclic) bond motifs is 1. The molecule has 7 nitrogen and oxygen atoms in total. The second-order valence-electron chi connectivity index (χ2n) is 5.94. The van der Waals surface area contributed by atoms with E-state index in [2.05, 4.69) is 24.8 Å². The Hall–Kier alpha value is -2.26. The fraction of sp³-hybridized carbons (Fsp3) is 0.412. The molecule has 0 spiro atoms. The van der Waals surface area contributed by atoms with Gasteiger partial charge in [0.05, 0.1) is 12.0 Å². The average Bonchev–Trinajstić information content (AvgIpc) is 3.31. The first-order valence-corrected chi connectivity index (χ1v) is 10.2. The molecule has 136 valence electrons. The van der Waals surface area contributed by atoms with Gasteiger partial charge in [-0.05, 0) is 19.4 Å². The maximum absolute atomic E-state index is 12.2. The lowest BCUT2D eigenvalue weighted by Crippen LogP contribution is -2.46. The highest BCUT2D eigenvalue weighted by Gasteiger charge is 2.25. The third kappa shape index (κ3) is 3.01. The van der Waals surface area contributed by atoms with Crippen LogP contribution in [0.4, 0.5) is 10.9 Å². The van der Waals surface area contributed by atoms with Crippen molar-refractivity contribution in [1.29, 1.82) is 0 Å². The molecule has 1 saturated heterocycles. The van der Waals surface area contributed by atoms with Crippen molar-refractivity contribution < 1.29 is 9.53 Å². The summed E-state index contributed by atoms with van der Waals surface area (Å²) in [5.41, 5.74) is 0.904. The van der Waals surface area contributed by atoms with Crippen molar-refractivity contribution in [2.24, 2.45) is 0 Å². The number of hydrogen-bond donors (Lipinski definition) is 0. The highest BCUT2D eigenvalue weighted by atomic mass is 32.1. The van der Waals surface area contributed by atoms with Crippen LogP contribution in [0.5, 0.6) is 0 Å². The van der Waals surface area contributed by atoms with Crippen LogP contribution in [0.15, 0.2) is 17.9 Å². The number of hydrogen-bond acceptors (Lipinski definition) is 9. The van der Waals surface area contributed by atoms with Crippen LogP contribution in [0, 0.1) is 6.92 Å². The Bertz CT molecular complexity index is 917. The molecular weight excluding hydrogens is 370 g/mol. The van der Waals surface area contributed by atoms with Crippen LogP contribution in [0.1, 0.15) is 22.2 Å². The molecule has 1 aliphatic heterocycles. The van der Waals surface area contributed by atoms with Crippen LogP contribution in [0.25, 0.3) is 10.2 Å². The lowest BCUT2D eigenvalue weighted by molar-refractivity contribution is 0.0531. The molecule has 26 heavy (non-hydrogen) atoms. The van der Waals surface area contributed by atoms with Gasteiger partial charge in [-0.3, -0.25) is 0 Å². The fourth-order valence-corrected chi connectivity index (χ4v) is 4.90. The van der Waals surface area contributed by atoms with Gasteiger partial charge in [0.15, 0.2) is 5.13 Å². The van der Waals surface area contributed by atoms with E-state index in [4.69, 9.17) is 4.74 Å². The number of carbonyl (C=O) groups excluding carboxylic acids is 1. The summed E-state index contributed by atoms with van der Waals surface area (Å²) in [6.07, 6.45) is 3.42. The summed E-state index contributed by atoms with van der Waals surface area (Å²) < 4.78 is 5.18. The van der Waals surface area contributed by atoms with Gasteiger partial charge >= 0.3 is 5.97 Å². The first-order valence-electron chi connectivity index (χ1n) is 8.49. The standard InChI is InChI=1S/C17H19N5O2S2/c1-3-24-16(23)13-11(2)12-14(19-10-20-15(12)26-13)21-5-7-22(8-6-21)17-18-4-9-25-17/h4,9-10H,3,5-8H2,1-2H3. The van der Waals surface area contributed by atoms with Crippen LogP contribution >= 0.6 is 22.7 Å². The zero-order chi connectivity index (χ0) is 18.1. The number of carbonyl (C=O) groups is 1. The van der Waals surface area contributed by atoms with E-state index in [1.807, 2.05) is 25.4 Å². The summed E-state index contributed by atoms with van der Waals surface area (Å²) in [5.74, 6) is 0.616. The van der Waals surface area contributed by atoms with E-state index in [1.165, 1.54) is 11.3 Å². The number of esters is 1. The molecule has 4 heterocycles. The summed E-state index contributed by atoms with van der Waals surface area (Å²) in [5, 5.41) is 4.03.